The van der Waals surface area contributed by atoms with Gasteiger partial charge in [0, 0.05) is 12.2 Å². The maximum absolute atomic E-state index is 13.4. The maximum atomic E-state index is 13.4. The second-order valence-corrected chi connectivity index (χ2v) is 4.94. The van der Waals surface area contributed by atoms with Crippen molar-refractivity contribution in [1.82, 2.24) is 5.32 Å². The number of halogens is 1. The Labute approximate surface area is 129 Å². The van der Waals surface area contributed by atoms with Gasteiger partial charge in [-0.3, -0.25) is 0 Å². The quantitative estimate of drug-likeness (QED) is 0.888. The average molecular weight is 302 g/mol. The van der Waals surface area contributed by atoms with E-state index in [-0.39, 0.29) is 11.8 Å². The number of carbonyl (C=O) groups is 1. The SMILES string of the molecule is COc1ccc(CCNC(=O)Nc2ccc(C)c(F)c2)cc1. The first-order chi connectivity index (χ1) is 10.6. The topological polar surface area (TPSA) is 50.4 Å². The molecule has 0 spiro atoms. The Bertz CT molecular complexity index is 642. The minimum absolute atomic E-state index is 0.337. The molecule has 0 saturated heterocycles. The van der Waals surface area contributed by atoms with Crippen molar-refractivity contribution in [2.24, 2.45) is 0 Å². The first-order valence-electron chi connectivity index (χ1n) is 7.02. The Hall–Kier alpha value is -2.56. The van der Waals surface area contributed by atoms with Gasteiger partial charge in [-0.15, -0.1) is 0 Å². The van der Waals surface area contributed by atoms with E-state index in [0.29, 0.717) is 24.2 Å². The Morgan fingerprint density at radius 2 is 1.91 bits per heavy atom. The molecule has 0 saturated carbocycles. The largest absolute Gasteiger partial charge is 0.497 e. The number of anilines is 1. The van der Waals surface area contributed by atoms with Gasteiger partial charge in [0.2, 0.25) is 0 Å². The van der Waals surface area contributed by atoms with Crippen LogP contribution in [0, 0.1) is 12.7 Å². The van der Waals surface area contributed by atoms with Crippen molar-refractivity contribution >= 4 is 11.7 Å². The summed E-state index contributed by atoms with van der Waals surface area (Å²) in [6.45, 7) is 2.17. The molecule has 22 heavy (non-hydrogen) atoms. The number of ether oxygens (including phenoxy) is 1. The number of carbonyl (C=O) groups excluding carboxylic acids is 1. The van der Waals surface area contributed by atoms with Gasteiger partial charge in [-0.2, -0.15) is 0 Å². The molecule has 0 atom stereocenters. The summed E-state index contributed by atoms with van der Waals surface area (Å²) in [5.41, 5.74) is 2.08. The zero-order valence-corrected chi connectivity index (χ0v) is 12.7. The fraction of sp³-hybridized carbons (Fsp3) is 0.235. The third kappa shape index (κ3) is 4.48. The van der Waals surface area contributed by atoms with Crippen LogP contribution in [0.5, 0.6) is 5.75 Å². The van der Waals surface area contributed by atoms with Crippen LogP contribution in [0.2, 0.25) is 0 Å². The number of nitrogens with one attached hydrogen (secondary N) is 2. The van der Waals surface area contributed by atoms with E-state index in [9.17, 15) is 9.18 Å². The van der Waals surface area contributed by atoms with Gasteiger partial charge >= 0.3 is 6.03 Å². The molecule has 0 bridgehead atoms. The van der Waals surface area contributed by atoms with E-state index in [0.717, 1.165) is 11.3 Å². The van der Waals surface area contributed by atoms with Gasteiger partial charge in [0.05, 0.1) is 7.11 Å². The van der Waals surface area contributed by atoms with Gasteiger partial charge in [-0.1, -0.05) is 18.2 Å². The van der Waals surface area contributed by atoms with Crippen LogP contribution in [0.25, 0.3) is 0 Å². The predicted octanol–water partition coefficient (Wildman–Crippen LogP) is 3.51. The van der Waals surface area contributed by atoms with Gasteiger partial charge in [-0.05, 0) is 48.7 Å². The minimum atomic E-state index is -0.350. The predicted molar refractivity (Wildman–Crippen MR) is 84.9 cm³/mol. The standard InChI is InChI=1S/C17H19FN2O2/c1-12-3-6-14(11-16(12)18)20-17(21)19-10-9-13-4-7-15(22-2)8-5-13/h3-8,11H,9-10H2,1-2H3,(H2,19,20,21). The molecule has 2 aromatic carbocycles. The molecule has 2 amide bonds. The van der Waals surface area contributed by atoms with Crippen LogP contribution in [0.1, 0.15) is 11.1 Å². The van der Waals surface area contributed by atoms with Crippen molar-refractivity contribution in [3.8, 4) is 5.75 Å². The molecule has 0 fully saturated rings. The van der Waals surface area contributed by atoms with Gasteiger partial charge in [0.25, 0.3) is 0 Å². The summed E-state index contributed by atoms with van der Waals surface area (Å²) in [6.07, 6.45) is 0.708. The third-order valence-corrected chi connectivity index (χ3v) is 3.29. The van der Waals surface area contributed by atoms with Crippen LogP contribution in [0.3, 0.4) is 0 Å². The normalized spacial score (nSPS) is 10.1. The van der Waals surface area contributed by atoms with Crippen molar-refractivity contribution in [2.45, 2.75) is 13.3 Å². The van der Waals surface area contributed by atoms with Crippen molar-refractivity contribution in [3.05, 3.63) is 59.4 Å². The molecular formula is C17H19FN2O2. The van der Waals surface area contributed by atoms with E-state index in [4.69, 9.17) is 4.74 Å². The van der Waals surface area contributed by atoms with Crippen molar-refractivity contribution < 1.29 is 13.9 Å². The number of rotatable bonds is 5. The Kier molecular flexibility index (Phi) is 5.36. The molecule has 2 rings (SSSR count). The maximum Gasteiger partial charge on any atom is 0.319 e. The van der Waals surface area contributed by atoms with Gasteiger partial charge < -0.3 is 15.4 Å². The molecular weight excluding hydrogens is 283 g/mol. The molecule has 2 aromatic rings. The fourth-order valence-electron chi connectivity index (χ4n) is 1.96. The molecule has 5 heteroatoms. The zero-order valence-electron chi connectivity index (χ0n) is 12.7. The summed E-state index contributed by atoms with van der Waals surface area (Å²) >= 11 is 0. The van der Waals surface area contributed by atoms with E-state index in [1.807, 2.05) is 24.3 Å². The van der Waals surface area contributed by atoms with Gasteiger partial charge in [0.1, 0.15) is 11.6 Å². The summed E-state index contributed by atoms with van der Waals surface area (Å²) in [5, 5.41) is 5.34. The Morgan fingerprint density at radius 3 is 2.55 bits per heavy atom. The summed E-state index contributed by atoms with van der Waals surface area (Å²) < 4.78 is 18.5. The molecule has 0 aliphatic heterocycles. The van der Waals surface area contributed by atoms with Crippen LogP contribution in [-0.2, 0) is 6.42 Å². The molecule has 0 aliphatic carbocycles. The van der Waals surface area contributed by atoms with E-state index in [2.05, 4.69) is 10.6 Å². The van der Waals surface area contributed by atoms with E-state index >= 15 is 0 Å². The van der Waals surface area contributed by atoms with E-state index in [1.54, 1.807) is 26.2 Å². The highest BCUT2D eigenvalue weighted by Crippen LogP contribution is 2.13. The number of methoxy groups -OCH3 is 1. The molecule has 116 valence electrons. The number of urea groups is 1. The lowest BCUT2D eigenvalue weighted by Gasteiger charge is -2.09. The average Bonchev–Trinajstić information content (AvgIpc) is 2.51. The van der Waals surface area contributed by atoms with Gasteiger partial charge in [-0.25, -0.2) is 9.18 Å². The van der Waals surface area contributed by atoms with Gasteiger partial charge in [0.15, 0.2) is 0 Å². The minimum Gasteiger partial charge on any atom is -0.497 e. The number of hydrogen-bond donors (Lipinski definition) is 2. The highest BCUT2D eigenvalue weighted by molar-refractivity contribution is 5.89. The first-order valence-corrected chi connectivity index (χ1v) is 7.02. The van der Waals surface area contributed by atoms with Crippen LogP contribution in [-0.4, -0.2) is 19.7 Å². The highest BCUT2D eigenvalue weighted by Gasteiger charge is 2.04. The lowest BCUT2D eigenvalue weighted by atomic mass is 10.1. The second kappa shape index (κ2) is 7.45. The summed E-state index contributed by atoms with van der Waals surface area (Å²) in [7, 11) is 1.62. The van der Waals surface area contributed by atoms with Crippen molar-refractivity contribution in [3.63, 3.8) is 0 Å². The van der Waals surface area contributed by atoms with Crippen LogP contribution in [0.4, 0.5) is 14.9 Å². The van der Waals surface area contributed by atoms with Crippen molar-refractivity contribution in [1.29, 1.82) is 0 Å². The Balaban J connectivity index is 1.78. The molecule has 0 aliphatic rings. The molecule has 0 heterocycles. The number of amides is 2. The van der Waals surface area contributed by atoms with E-state index in [1.165, 1.54) is 6.07 Å². The first kappa shape index (κ1) is 15.8. The molecule has 4 nitrogen and oxygen atoms in total. The molecule has 2 N–H and O–H groups in total. The van der Waals surface area contributed by atoms with Crippen LogP contribution < -0.4 is 15.4 Å². The molecule has 0 radical (unpaired) electrons. The zero-order chi connectivity index (χ0) is 15.9. The fourth-order valence-corrected chi connectivity index (χ4v) is 1.96. The lowest BCUT2D eigenvalue weighted by molar-refractivity contribution is 0.252. The summed E-state index contributed by atoms with van der Waals surface area (Å²) in [5.74, 6) is 0.465. The summed E-state index contributed by atoms with van der Waals surface area (Å²) in [4.78, 5) is 11.7. The molecule has 0 aromatic heterocycles. The third-order valence-electron chi connectivity index (χ3n) is 3.29. The lowest BCUT2D eigenvalue weighted by Crippen LogP contribution is -2.30. The monoisotopic (exact) mass is 302 g/mol. The Morgan fingerprint density at radius 1 is 1.18 bits per heavy atom. The van der Waals surface area contributed by atoms with Crippen LogP contribution in [0.15, 0.2) is 42.5 Å². The van der Waals surface area contributed by atoms with Crippen molar-refractivity contribution in [2.75, 3.05) is 19.0 Å². The highest BCUT2D eigenvalue weighted by atomic mass is 19.1. The smallest absolute Gasteiger partial charge is 0.319 e. The molecule has 0 unspecified atom stereocenters. The van der Waals surface area contributed by atoms with Crippen LogP contribution >= 0.6 is 0 Å². The number of hydrogen-bond acceptors (Lipinski definition) is 2. The number of aryl methyl sites for hydroxylation is 1. The number of benzene rings is 2. The second-order valence-electron chi connectivity index (χ2n) is 4.94. The van der Waals surface area contributed by atoms with E-state index < -0.39 is 0 Å². The summed E-state index contributed by atoms with van der Waals surface area (Å²) in [6, 6.07) is 11.9.